The Labute approximate surface area is 108 Å². The first-order valence-corrected chi connectivity index (χ1v) is 6.08. The number of para-hydroxylation sites is 1. The lowest BCUT2D eigenvalue weighted by Gasteiger charge is -2.22. The topological polar surface area (TPSA) is 70.1 Å². The van der Waals surface area contributed by atoms with Crippen LogP contribution >= 0.6 is 0 Å². The molecule has 0 saturated carbocycles. The van der Waals surface area contributed by atoms with E-state index in [9.17, 15) is 4.79 Å². The second-order valence-corrected chi connectivity index (χ2v) is 4.36. The van der Waals surface area contributed by atoms with Crippen LogP contribution in [0.2, 0.25) is 0 Å². The van der Waals surface area contributed by atoms with E-state index in [2.05, 4.69) is 6.07 Å². The van der Waals surface area contributed by atoms with Gasteiger partial charge in [0.1, 0.15) is 6.07 Å². The lowest BCUT2D eigenvalue weighted by Crippen LogP contribution is -2.32. The van der Waals surface area contributed by atoms with Crippen molar-refractivity contribution in [3.63, 3.8) is 0 Å². The molecular weight excluding hydrogens is 226 g/mol. The summed E-state index contributed by atoms with van der Waals surface area (Å²) in [5.41, 5.74) is 6.61. The predicted molar refractivity (Wildman–Crippen MR) is 72.0 cm³/mol. The molecule has 1 amide bonds. The summed E-state index contributed by atoms with van der Waals surface area (Å²) in [7, 11) is 1.71. The highest BCUT2D eigenvalue weighted by Crippen LogP contribution is 2.21. The minimum atomic E-state index is -0.0784. The molecule has 0 aliphatic carbocycles. The molecule has 0 spiro atoms. The number of nitrogens with two attached hydrogens (primary N) is 1. The van der Waals surface area contributed by atoms with Gasteiger partial charge in [0, 0.05) is 13.0 Å². The molecule has 0 fully saturated rings. The van der Waals surface area contributed by atoms with Gasteiger partial charge in [-0.05, 0) is 31.5 Å². The maximum Gasteiger partial charge on any atom is 0.229 e. The number of carbonyl (C=O) groups is 1. The first-order chi connectivity index (χ1) is 8.61. The fourth-order valence-electron chi connectivity index (χ4n) is 1.86. The molecule has 0 heterocycles. The summed E-state index contributed by atoms with van der Waals surface area (Å²) in [5.74, 6) is -0.0588. The van der Waals surface area contributed by atoms with Crippen LogP contribution in [-0.4, -0.2) is 19.5 Å². The average molecular weight is 245 g/mol. The number of hydrogen-bond donors (Lipinski definition) is 1. The van der Waals surface area contributed by atoms with E-state index in [1.807, 2.05) is 13.0 Å². The second-order valence-electron chi connectivity index (χ2n) is 4.36. The third kappa shape index (κ3) is 3.31. The third-order valence-electron chi connectivity index (χ3n) is 2.98. The molecule has 4 nitrogen and oxygen atoms in total. The maximum absolute atomic E-state index is 12.2. The molecule has 1 unspecified atom stereocenters. The zero-order valence-corrected chi connectivity index (χ0v) is 10.9. The van der Waals surface area contributed by atoms with E-state index in [1.54, 1.807) is 30.1 Å². The van der Waals surface area contributed by atoms with Crippen molar-refractivity contribution < 1.29 is 4.79 Å². The lowest BCUT2D eigenvalue weighted by molar-refractivity contribution is -0.121. The molecule has 96 valence electrons. The maximum atomic E-state index is 12.2. The van der Waals surface area contributed by atoms with Crippen LogP contribution in [-0.2, 0) is 4.79 Å². The second kappa shape index (κ2) is 6.77. The molecule has 0 bridgehead atoms. The Kier molecular flexibility index (Phi) is 5.34. The highest BCUT2D eigenvalue weighted by atomic mass is 16.2. The fraction of sp³-hybridized carbons (Fsp3) is 0.429. The summed E-state index contributed by atoms with van der Waals surface area (Å²) in [6, 6.07) is 9.21. The Bertz CT molecular complexity index is 451. The van der Waals surface area contributed by atoms with Gasteiger partial charge in [-0.3, -0.25) is 4.79 Å². The molecule has 18 heavy (non-hydrogen) atoms. The van der Waals surface area contributed by atoms with Gasteiger partial charge in [0.25, 0.3) is 0 Å². The molecule has 0 aromatic heterocycles. The molecule has 1 aromatic carbocycles. The van der Waals surface area contributed by atoms with E-state index in [-0.39, 0.29) is 11.8 Å². The molecule has 0 saturated heterocycles. The van der Waals surface area contributed by atoms with Gasteiger partial charge in [0.2, 0.25) is 5.91 Å². The van der Waals surface area contributed by atoms with Gasteiger partial charge in [-0.2, -0.15) is 5.26 Å². The Hall–Kier alpha value is -1.86. The molecule has 1 atom stereocenters. The van der Waals surface area contributed by atoms with Gasteiger partial charge in [-0.1, -0.05) is 19.1 Å². The van der Waals surface area contributed by atoms with Gasteiger partial charge < -0.3 is 10.6 Å². The number of nitrogens with zero attached hydrogens (tertiary/aromatic N) is 2. The van der Waals surface area contributed by atoms with Gasteiger partial charge in [-0.15, -0.1) is 0 Å². The van der Waals surface area contributed by atoms with E-state index in [0.29, 0.717) is 17.8 Å². The summed E-state index contributed by atoms with van der Waals surface area (Å²) in [6.45, 7) is 2.49. The number of carbonyl (C=O) groups excluding carboxylic acids is 1. The van der Waals surface area contributed by atoms with Crippen LogP contribution in [0.1, 0.15) is 25.3 Å². The summed E-state index contributed by atoms with van der Waals surface area (Å²) >= 11 is 0. The van der Waals surface area contributed by atoms with E-state index < -0.39 is 0 Å². The van der Waals surface area contributed by atoms with Crippen LogP contribution in [0.25, 0.3) is 0 Å². The SMILES string of the molecule is CC(CCCN)C(=O)N(C)c1ccccc1C#N. The van der Waals surface area contributed by atoms with Crippen molar-refractivity contribution in [1.82, 2.24) is 0 Å². The van der Waals surface area contributed by atoms with Crippen LogP contribution in [0, 0.1) is 17.2 Å². The smallest absolute Gasteiger partial charge is 0.229 e. The number of hydrogen-bond acceptors (Lipinski definition) is 3. The van der Waals surface area contributed by atoms with Crippen LogP contribution < -0.4 is 10.6 Å². The number of nitriles is 1. The molecule has 0 aliphatic heterocycles. The Morgan fingerprint density at radius 2 is 2.17 bits per heavy atom. The van der Waals surface area contributed by atoms with Crippen molar-refractivity contribution in [2.75, 3.05) is 18.5 Å². The first kappa shape index (κ1) is 14.2. The number of anilines is 1. The van der Waals surface area contributed by atoms with Crippen LogP contribution in [0.3, 0.4) is 0 Å². The van der Waals surface area contributed by atoms with E-state index >= 15 is 0 Å². The number of rotatable bonds is 5. The summed E-state index contributed by atoms with van der Waals surface area (Å²) in [6.07, 6.45) is 1.61. The quantitative estimate of drug-likeness (QED) is 0.861. The predicted octanol–water partition coefficient (Wildman–Crippen LogP) is 1.90. The van der Waals surface area contributed by atoms with E-state index in [1.165, 1.54) is 0 Å². The Morgan fingerprint density at radius 1 is 1.50 bits per heavy atom. The van der Waals surface area contributed by atoms with Crippen LogP contribution in [0.5, 0.6) is 0 Å². The van der Waals surface area contributed by atoms with Gasteiger partial charge >= 0.3 is 0 Å². The summed E-state index contributed by atoms with van der Waals surface area (Å²) in [5, 5.41) is 9.02. The number of benzene rings is 1. The number of amides is 1. The molecule has 2 N–H and O–H groups in total. The zero-order valence-electron chi connectivity index (χ0n) is 10.9. The van der Waals surface area contributed by atoms with Gasteiger partial charge in [-0.25, -0.2) is 0 Å². The summed E-state index contributed by atoms with van der Waals surface area (Å²) < 4.78 is 0. The monoisotopic (exact) mass is 245 g/mol. The van der Waals surface area contributed by atoms with Crippen molar-refractivity contribution in [2.45, 2.75) is 19.8 Å². The molecule has 1 rings (SSSR count). The summed E-state index contributed by atoms with van der Waals surface area (Å²) in [4.78, 5) is 13.7. The van der Waals surface area contributed by atoms with Crippen molar-refractivity contribution in [3.05, 3.63) is 29.8 Å². The van der Waals surface area contributed by atoms with Crippen molar-refractivity contribution >= 4 is 11.6 Å². The minimum absolute atomic E-state index is 0.0196. The Balaban J connectivity index is 2.83. The largest absolute Gasteiger partial charge is 0.330 e. The Morgan fingerprint density at radius 3 is 2.78 bits per heavy atom. The molecular formula is C14H19N3O. The zero-order chi connectivity index (χ0) is 13.5. The van der Waals surface area contributed by atoms with Gasteiger partial charge in [0.15, 0.2) is 0 Å². The fourth-order valence-corrected chi connectivity index (χ4v) is 1.86. The van der Waals surface area contributed by atoms with E-state index in [0.717, 1.165) is 12.8 Å². The van der Waals surface area contributed by atoms with Crippen LogP contribution in [0.15, 0.2) is 24.3 Å². The highest BCUT2D eigenvalue weighted by molar-refractivity contribution is 5.95. The average Bonchev–Trinajstić information content (AvgIpc) is 2.42. The molecule has 1 aromatic rings. The first-order valence-electron chi connectivity index (χ1n) is 6.08. The van der Waals surface area contributed by atoms with Crippen LogP contribution in [0.4, 0.5) is 5.69 Å². The minimum Gasteiger partial charge on any atom is -0.330 e. The van der Waals surface area contributed by atoms with Crippen molar-refractivity contribution in [1.29, 1.82) is 5.26 Å². The molecule has 0 radical (unpaired) electrons. The molecule has 0 aliphatic rings. The van der Waals surface area contributed by atoms with Crippen molar-refractivity contribution in [3.8, 4) is 6.07 Å². The normalized spacial score (nSPS) is 11.7. The highest BCUT2D eigenvalue weighted by Gasteiger charge is 2.19. The van der Waals surface area contributed by atoms with E-state index in [4.69, 9.17) is 11.0 Å². The third-order valence-corrected chi connectivity index (χ3v) is 2.98. The lowest BCUT2D eigenvalue weighted by atomic mass is 10.0. The van der Waals surface area contributed by atoms with Gasteiger partial charge in [0.05, 0.1) is 11.3 Å². The molecule has 4 heteroatoms. The van der Waals surface area contributed by atoms with Crippen molar-refractivity contribution in [2.24, 2.45) is 11.7 Å². The standard InChI is InChI=1S/C14H19N3O/c1-11(6-5-9-15)14(18)17(2)13-8-4-3-7-12(13)10-16/h3-4,7-8,11H,5-6,9,15H2,1-2H3.